The first-order valence-electron chi connectivity index (χ1n) is 10.7. The number of benzene rings is 1. The first kappa shape index (κ1) is 19.4. The first-order valence-corrected chi connectivity index (χ1v) is 10.7. The van der Waals surface area contributed by atoms with E-state index in [4.69, 9.17) is 16.5 Å². The van der Waals surface area contributed by atoms with Gasteiger partial charge in [0, 0.05) is 29.3 Å². The Hall–Kier alpha value is -3.53. The number of nitrogens with zero attached hydrogens (tertiary/aromatic N) is 7. The Bertz CT molecular complexity index is 1180. The van der Waals surface area contributed by atoms with E-state index in [1.165, 1.54) is 0 Å². The highest BCUT2D eigenvalue weighted by atomic mass is 15.6. The average molecular weight is 419 g/mol. The number of rotatable bonds is 5. The van der Waals surface area contributed by atoms with Crippen molar-refractivity contribution >= 4 is 22.8 Å². The zero-order valence-electron chi connectivity index (χ0n) is 17.4. The van der Waals surface area contributed by atoms with Gasteiger partial charge < -0.3 is 16.8 Å². The predicted octanol–water partition coefficient (Wildman–Crippen LogP) is 2.71. The molecule has 0 bridgehead atoms. The maximum Gasteiger partial charge on any atom is 0.204 e. The number of aryl methyl sites for hydroxylation is 1. The summed E-state index contributed by atoms with van der Waals surface area (Å²) < 4.78 is 1.77. The molecule has 0 radical (unpaired) electrons. The molecule has 10 nitrogen and oxygen atoms in total. The molecule has 3 aromatic heterocycles. The van der Waals surface area contributed by atoms with Gasteiger partial charge in [0.25, 0.3) is 0 Å². The van der Waals surface area contributed by atoms with Crippen LogP contribution in [-0.2, 0) is 6.54 Å². The molecule has 1 aliphatic carbocycles. The Morgan fingerprint density at radius 1 is 1.10 bits per heavy atom. The second-order valence-corrected chi connectivity index (χ2v) is 8.03. The van der Waals surface area contributed by atoms with E-state index >= 15 is 0 Å². The molecule has 5 rings (SSSR count). The van der Waals surface area contributed by atoms with Gasteiger partial charge in [0.15, 0.2) is 5.65 Å². The quantitative estimate of drug-likeness (QED) is 0.450. The molecular formula is C21H26N10. The highest BCUT2D eigenvalue weighted by molar-refractivity contribution is 5.76. The minimum Gasteiger partial charge on any atom is -0.382 e. The van der Waals surface area contributed by atoms with Gasteiger partial charge in [0.05, 0.1) is 24.1 Å². The normalized spacial score (nSPS) is 19.0. The molecule has 0 spiro atoms. The van der Waals surface area contributed by atoms with Crippen molar-refractivity contribution in [3.05, 3.63) is 42.2 Å². The van der Waals surface area contributed by atoms with Crippen molar-refractivity contribution in [2.24, 2.45) is 5.73 Å². The van der Waals surface area contributed by atoms with Gasteiger partial charge >= 0.3 is 0 Å². The van der Waals surface area contributed by atoms with Gasteiger partial charge in [-0.25, -0.2) is 9.50 Å². The number of aromatic nitrogens is 7. The lowest BCUT2D eigenvalue weighted by Crippen LogP contribution is -2.25. The van der Waals surface area contributed by atoms with Crippen LogP contribution in [0.5, 0.6) is 0 Å². The monoisotopic (exact) mass is 418 g/mol. The molecule has 0 saturated heterocycles. The average Bonchev–Trinajstić information content (AvgIpc) is 3.42. The van der Waals surface area contributed by atoms with Crippen molar-refractivity contribution in [3.63, 3.8) is 0 Å². The molecule has 160 valence electrons. The van der Waals surface area contributed by atoms with E-state index in [0.717, 1.165) is 54.0 Å². The van der Waals surface area contributed by atoms with Crippen molar-refractivity contribution < 1.29 is 0 Å². The van der Waals surface area contributed by atoms with Crippen LogP contribution in [0.4, 0.5) is 17.2 Å². The van der Waals surface area contributed by atoms with E-state index in [1.807, 2.05) is 43.5 Å². The Morgan fingerprint density at radius 2 is 1.87 bits per heavy atom. The van der Waals surface area contributed by atoms with Gasteiger partial charge in [0.2, 0.25) is 5.82 Å². The molecular weight excluding hydrogens is 392 g/mol. The molecule has 1 aliphatic rings. The van der Waals surface area contributed by atoms with Gasteiger partial charge in [-0.15, -0.1) is 15.3 Å². The topological polar surface area (TPSA) is 138 Å². The van der Waals surface area contributed by atoms with E-state index in [2.05, 4.69) is 25.8 Å². The maximum absolute atomic E-state index is 6.06. The number of nitrogens with one attached hydrogen (secondary N) is 1. The minimum atomic E-state index is 0.309. The molecule has 0 amide bonds. The van der Waals surface area contributed by atoms with Gasteiger partial charge in [-0.2, -0.15) is 4.80 Å². The van der Waals surface area contributed by atoms with E-state index < -0.39 is 0 Å². The fourth-order valence-electron chi connectivity index (χ4n) is 4.07. The van der Waals surface area contributed by atoms with Crippen LogP contribution in [0.25, 0.3) is 17.0 Å². The van der Waals surface area contributed by atoms with Gasteiger partial charge in [0.1, 0.15) is 5.82 Å². The summed E-state index contributed by atoms with van der Waals surface area (Å²) in [6.07, 6.45) is 6.17. The van der Waals surface area contributed by atoms with Crippen LogP contribution in [0.1, 0.15) is 44.2 Å². The molecule has 10 heteroatoms. The third-order valence-corrected chi connectivity index (χ3v) is 5.81. The standard InChI is InChI=1S/C21H26N10/c1-2-31-28-20(26-29-31)14-5-9-16(10-6-14)24-17-11-19(23)27-30-12-18(25-21(17)30)13-3-7-15(22)8-4-13/h5-6,9-13,15,24H,2-4,7-8,22H2,1H3,(H2,23,27)/t13-,15-. The highest BCUT2D eigenvalue weighted by Gasteiger charge is 2.23. The number of nitrogen functional groups attached to an aromatic ring is 1. The fourth-order valence-corrected chi connectivity index (χ4v) is 4.07. The number of hydrogen-bond donors (Lipinski definition) is 3. The van der Waals surface area contributed by atoms with Crippen LogP contribution >= 0.6 is 0 Å². The van der Waals surface area contributed by atoms with Crippen LogP contribution in [-0.4, -0.2) is 40.8 Å². The van der Waals surface area contributed by atoms with Crippen LogP contribution in [0.3, 0.4) is 0 Å². The van der Waals surface area contributed by atoms with Gasteiger partial charge in [-0.1, -0.05) is 0 Å². The van der Waals surface area contributed by atoms with Gasteiger partial charge in [-0.05, 0) is 62.1 Å². The highest BCUT2D eigenvalue weighted by Crippen LogP contribution is 2.33. The lowest BCUT2D eigenvalue weighted by molar-refractivity contribution is 0.391. The van der Waals surface area contributed by atoms with E-state index in [1.54, 1.807) is 9.31 Å². The maximum atomic E-state index is 6.06. The van der Waals surface area contributed by atoms with E-state index in [-0.39, 0.29) is 0 Å². The number of fused-ring (bicyclic) bond motifs is 1. The lowest BCUT2D eigenvalue weighted by atomic mass is 9.85. The van der Waals surface area contributed by atoms with Crippen LogP contribution in [0.2, 0.25) is 0 Å². The van der Waals surface area contributed by atoms with Crippen LogP contribution in [0, 0.1) is 0 Å². The van der Waals surface area contributed by atoms with Crippen molar-refractivity contribution in [2.75, 3.05) is 11.1 Å². The number of hydrogen-bond acceptors (Lipinski definition) is 8. The molecule has 1 saturated carbocycles. The van der Waals surface area contributed by atoms with Gasteiger partial charge in [-0.3, -0.25) is 0 Å². The number of anilines is 3. The third kappa shape index (κ3) is 3.93. The summed E-state index contributed by atoms with van der Waals surface area (Å²) in [5, 5.41) is 20.3. The Balaban J connectivity index is 1.40. The fraction of sp³-hybridized carbons (Fsp3) is 0.381. The number of nitrogens with two attached hydrogens (primary N) is 2. The summed E-state index contributed by atoms with van der Waals surface area (Å²) in [4.78, 5) is 6.45. The molecule has 1 fully saturated rings. The van der Waals surface area contributed by atoms with E-state index in [0.29, 0.717) is 30.1 Å². The SMILES string of the molecule is CCn1nnc(-c2ccc(Nc3cc(N)nn4cc([C@H]5CC[C@H](N)CC5)nc34)cc2)n1. The second-order valence-electron chi connectivity index (χ2n) is 8.03. The zero-order chi connectivity index (χ0) is 21.4. The van der Waals surface area contributed by atoms with Crippen LogP contribution in [0.15, 0.2) is 36.5 Å². The predicted molar refractivity (Wildman–Crippen MR) is 119 cm³/mol. The molecule has 0 aliphatic heterocycles. The summed E-state index contributed by atoms with van der Waals surface area (Å²) in [6, 6.07) is 9.99. The summed E-state index contributed by atoms with van der Waals surface area (Å²) in [5.41, 5.74) is 16.6. The van der Waals surface area contributed by atoms with E-state index in [9.17, 15) is 0 Å². The number of tetrazole rings is 1. The summed E-state index contributed by atoms with van der Waals surface area (Å²) >= 11 is 0. The summed E-state index contributed by atoms with van der Waals surface area (Å²) in [6.45, 7) is 2.66. The van der Waals surface area contributed by atoms with Crippen molar-refractivity contribution in [3.8, 4) is 11.4 Å². The number of imidazole rings is 1. The van der Waals surface area contributed by atoms with Crippen LogP contribution < -0.4 is 16.8 Å². The molecule has 31 heavy (non-hydrogen) atoms. The summed E-state index contributed by atoms with van der Waals surface area (Å²) in [5.74, 6) is 1.45. The molecule has 1 aromatic carbocycles. The molecule has 5 N–H and O–H groups in total. The minimum absolute atomic E-state index is 0.309. The molecule has 3 heterocycles. The van der Waals surface area contributed by atoms with Crippen molar-refractivity contribution in [2.45, 2.75) is 51.1 Å². The second kappa shape index (κ2) is 7.95. The first-order chi connectivity index (χ1) is 15.1. The largest absolute Gasteiger partial charge is 0.382 e. The third-order valence-electron chi connectivity index (χ3n) is 5.81. The summed E-state index contributed by atoms with van der Waals surface area (Å²) in [7, 11) is 0. The Labute approximate surface area is 179 Å². The zero-order valence-corrected chi connectivity index (χ0v) is 17.4. The smallest absolute Gasteiger partial charge is 0.204 e. The molecule has 4 aromatic rings. The Kier molecular flexibility index (Phi) is 4.99. The van der Waals surface area contributed by atoms with Crippen molar-refractivity contribution in [1.29, 1.82) is 0 Å². The molecule has 0 unspecified atom stereocenters. The molecule has 0 atom stereocenters. The lowest BCUT2D eigenvalue weighted by Gasteiger charge is -2.24. The Morgan fingerprint density at radius 3 is 2.58 bits per heavy atom. The van der Waals surface area contributed by atoms with Crippen molar-refractivity contribution in [1.82, 2.24) is 34.8 Å².